The van der Waals surface area contributed by atoms with Gasteiger partial charge in [0.15, 0.2) is 12.1 Å². The maximum absolute atomic E-state index is 11.8. The fourth-order valence-corrected chi connectivity index (χ4v) is 4.06. The zero-order valence-electron chi connectivity index (χ0n) is 14.4. The van der Waals surface area contributed by atoms with Gasteiger partial charge in [0.2, 0.25) is 0 Å². The van der Waals surface area contributed by atoms with Gasteiger partial charge >= 0.3 is 0 Å². The molecule has 4 heteroatoms. The van der Waals surface area contributed by atoms with Gasteiger partial charge < -0.3 is 9.47 Å². The van der Waals surface area contributed by atoms with Crippen molar-refractivity contribution in [2.75, 3.05) is 13.2 Å². The largest absolute Gasteiger partial charge is 0.343 e. The van der Waals surface area contributed by atoms with Gasteiger partial charge in [-0.2, -0.15) is 0 Å². The number of fused-ring (bicyclic) bond motifs is 2. The predicted molar refractivity (Wildman–Crippen MR) is 93.3 cm³/mol. The quantitative estimate of drug-likeness (QED) is 0.472. The third-order valence-electron chi connectivity index (χ3n) is 4.51. The van der Waals surface area contributed by atoms with E-state index in [0.717, 1.165) is 41.4 Å². The van der Waals surface area contributed by atoms with E-state index in [-0.39, 0.29) is 5.92 Å². The molecule has 1 unspecified atom stereocenters. The molecule has 1 spiro atoms. The van der Waals surface area contributed by atoms with Crippen LogP contribution in [-0.2, 0) is 21.7 Å². The van der Waals surface area contributed by atoms with Gasteiger partial charge in [0, 0.05) is 23.5 Å². The summed E-state index contributed by atoms with van der Waals surface area (Å²) in [5.41, 5.74) is 7.34. The average molecular weight is 328 g/mol. The van der Waals surface area contributed by atoms with Crippen molar-refractivity contribution < 1.29 is 14.3 Å². The summed E-state index contributed by atoms with van der Waals surface area (Å²) in [4.78, 5) is 11.8. The monoisotopic (exact) mass is 328 g/mol. The zero-order chi connectivity index (χ0) is 16.7. The maximum Gasteiger partial charge on any atom is 0.195 e. The molecular formula is C19H24O3Si. The standard InChI is InChI=1S/C19H24O3Si/c1-14(8-12-23(2,3)4)15-5-6-18-16(17(15)13-20)7-9-19(18)21-10-11-22-19/h5-6,13-14H,7,9-11H2,1-4H3. The molecule has 1 aromatic carbocycles. The van der Waals surface area contributed by atoms with Crippen LogP contribution in [0.4, 0.5) is 0 Å². The van der Waals surface area contributed by atoms with E-state index in [0.29, 0.717) is 13.2 Å². The number of carbonyl (C=O) groups excluding carboxylic acids is 1. The lowest BCUT2D eigenvalue weighted by Crippen LogP contribution is -2.23. The third-order valence-corrected chi connectivity index (χ3v) is 5.40. The van der Waals surface area contributed by atoms with Crippen LogP contribution in [0.1, 0.15) is 46.3 Å². The van der Waals surface area contributed by atoms with E-state index in [4.69, 9.17) is 9.47 Å². The van der Waals surface area contributed by atoms with E-state index in [1.807, 2.05) is 6.07 Å². The van der Waals surface area contributed by atoms with E-state index in [2.05, 4.69) is 44.1 Å². The molecule has 1 aliphatic carbocycles. The molecule has 1 heterocycles. The van der Waals surface area contributed by atoms with E-state index in [1.165, 1.54) is 0 Å². The molecule has 1 aromatic rings. The lowest BCUT2D eigenvalue weighted by atomic mass is 9.91. The van der Waals surface area contributed by atoms with Crippen molar-refractivity contribution in [3.05, 3.63) is 34.4 Å². The lowest BCUT2D eigenvalue weighted by Gasteiger charge is -2.23. The van der Waals surface area contributed by atoms with Crippen molar-refractivity contribution >= 4 is 14.4 Å². The highest BCUT2D eigenvalue weighted by Gasteiger charge is 2.45. The second kappa shape index (κ2) is 5.90. The van der Waals surface area contributed by atoms with Crippen LogP contribution < -0.4 is 0 Å². The van der Waals surface area contributed by atoms with Crippen molar-refractivity contribution in [3.8, 4) is 11.5 Å². The van der Waals surface area contributed by atoms with Crippen LogP contribution in [0, 0.1) is 11.5 Å². The highest BCUT2D eigenvalue weighted by Crippen LogP contribution is 2.45. The van der Waals surface area contributed by atoms with E-state index in [1.54, 1.807) is 0 Å². The Hall–Kier alpha value is -1.41. The number of carbonyl (C=O) groups is 1. The average Bonchev–Trinajstić information content (AvgIpc) is 3.12. The number of aldehydes is 1. The molecule has 0 aromatic heterocycles. The minimum atomic E-state index is -1.42. The molecule has 1 fully saturated rings. The topological polar surface area (TPSA) is 35.5 Å². The predicted octanol–water partition coefficient (Wildman–Crippen LogP) is 3.63. The van der Waals surface area contributed by atoms with Crippen molar-refractivity contribution in [1.29, 1.82) is 0 Å². The molecule has 0 bridgehead atoms. The molecule has 0 N–H and O–H groups in total. The van der Waals surface area contributed by atoms with Crippen LogP contribution in [-0.4, -0.2) is 27.6 Å². The second-order valence-corrected chi connectivity index (χ2v) is 12.2. The fraction of sp³-hybridized carbons (Fsp3) is 0.526. The zero-order valence-corrected chi connectivity index (χ0v) is 15.4. The summed E-state index contributed by atoms with van der Waals surface area (Å²) in [6.07, 6.45) is 2.60. The first-order valence-corrected chi connectivity index (χ1v) is 11.8. The summed E-state index contributed by atoms with van der Waals surface area (Å²) in [5, 5.41) is 0. The Bertz CT molecular complexity index is 685. The molecule has 2 aliphatic rings. The van der Waals surface area contributed by atoms with E-state index < -0.39 is 13.9 Å². The molecule has 0 amide bonds. The van der Waals surface area contributed by atoms with Gasteiger partial charge in [-0.25, -0.2) is 0 Å². The number of ether oxygens (including phenoxy) is 2. The highest BCUT2D eigenvalue weighted by atomic mass is 28.3. The first-order valence-electron chi connectivity index (χ1n) is 8.28. The smallest absolute Gasteiger partial charge is 0.195 e. The first kappa shape index (κ1) is 16.4. The van der Waals surface area contributed by atoms with Crippen LogP contribution in [0.2, 0.25) is 19.6 Å². The number of benzene rings is 1. The normalized spacial score (nSPS) is 20.0. The van der Waals surface area contributed by atoms with Gasteiger partial charge in [0.1, 0.15) is 8.07 Å². The van der Waals surface area contributed by atoms with Crippen LogP contribution in [0.25, 0.3) is 0 Å². The molecule has 0 radical (unpaired) electrons. The third kappa shape index (κ3) is 3.01. The van der Waals surface area contributed by atoms with Gasteiger partial charge in [0.05, 0.1) is 13.2 Å². The Kier molecular flexibility index (Phi) is 4.22. The maximum atomic E-state index is 11.8. The van der Waals surface area contributed by atoms with Crippen molar-refractivity contribution in [3.63, 3.8) is 0 Å². The SMILES string of the molecule is CC(C#C[Si](C)(C)C)c1ccc2c(c1C=O)CCC21OCCO1. The highest BCUT2D eigenvalue weighted by molar-refractivity contribution is 6.83. The molecule has 3 nitrogen and oxygen atoms in total. The van der Waals surface area contributed by atoms with Gasteiger partial charge in [-0.3, -0.25) is 4.79 Å². The van der Waals surface area contributed by atoms with Crippen LogP contribution in [0.5, 0.6) is 0 Å². The summed E-state index contributed by atoms with van der Waals surface area (Å²) >= 11 is 0. The Morgan fingerprint density at radius 3 is 2.57 bits per heavy atom. The van der Waals surface area contributed by atoms with Crippen LogP contribution in [0.3, 0.4) is 0 Å². The van der Waals surface area contributed by atoms with Crippen molar-refractivity contribution in [2.45, 2.75) is 51.1 Å². The molecule has 23 heavy (non-hydrogen) atoms. The Morgan fingerprint density at radius 2 is 1.96 bits per heavy atom. The summed E-state index contributed by atoms with van der Waals surface area (Å²) in [7, 11) is -1.42. The lowest BCUT2D eigenvalue weighted by molar-refractivity contribution is -0.163. The van der Waals surface area contributed by atoms with Gasteiger partial charge in [-0.1, -0.05) is 31.8 Å². The van der Waals surface area contributed by atoms with Gasteiger partial charge in [0.25, 0.3) is 0 Å². The first-order chi connectivity index (χ1) is 10.9. The van der Waals surface area contributed by atoms with Crippen molar-refractivity contribution in [2.24, 2.45) is 0 Å². The Labute approximate surface area is 139 Å². The molecule has 3 rings (SSSR count). The molecule has 0 saturated carbocycles. The number of hydrogen-bond donors (Lipinski definition) is 0. The van der Waals surface area contributed by atoms with Crippen LogP contribution in [0.15, 0.2) is 12.1 Å². The van der Waals surface area contributed by atoms with Gasteiger partial charge in [-0.05, 0) is 24.5 Å². The second-order valence-electron chi connectivity index (χ2n) is 7.40. The molecular weight excluding hydrogens is 304 g/mol. The van der Waals surface area contributed by atoms with Crippen molar-refractivity contribution in [1.82, 2.24) is 0 Å². The van der Waals surface area contributed by atoms with E-state index in [9.17, 15) is 4.79 Å². The molecule has 1 atom stereocenters. The van der Waals surface area contributed by atoms with Crippen LogP contribution >= 0.6 is 0 Å². The molecule has 1 aliphatic heterocycles. The number of rotatable bonds is 2. The Balaban J connectivity index is 2.01. The van der Waals surface area contributed by atoms with E-state index >= 15 is 0 Å². The van der Waals surface area contributed by atoms with Gasteiger partial charge in [-0.15, -0.1) is 11.5 Å². The summed E-state index contributed by atoms with van der Waals surface area (Å²) < 4.78 is 11.7. The fourth-order valence-electron chi connectivity index (χ4n) is 3.41. The minimum absolute atomic E-state index is 0.0641. The summed E-state index contributed by atoms with van der Waals surface area (Å²) in [6, 6.07) is 4.10. The minimum Gasteiger partial charge on any atom is -0.343 e. The molecule has 1 saturated heterocycles. The molecule has 122 valence electrons. The Morgan fingerprint density at radius 1 is 1.26 bits per heavy atom. The summed E-state index contributed by atoms with van der Waals surface area (Å²) in [6.45, 7) is 10.0. The summed E-state index contributed by atoms with van der Waals surface area (Å²) in [5.74, 6) is 2.81. The number of hydrogen-bond acceptors (Lipinski definition) is 3.